The lowest BCUT2D eigenvalue weighted by Crippen LogP contribution is -2.69. The second kappa shape index (κ2) is 12.2. The maximum Gasteiger partial charge on any atom is 0.217 e. The number of aliphatic hydroxyl groups is 1. The quantitative estimate of drug-likeness (QED) is 0.214. The number of benzene rings is 2. The lowest BCUT2D eigenvalue weighted by atomic mass is 9.69. The molecule has 0 aromatic heterocycles. The fourth-order valence-corrected chi connectivity index (χ4v) is 8.79. The van der Waals surface area contributed by atoms with Gasteiger partial charge in [-0.1, -0.05) is 98.8 Å². The fourth-order valence-electron chi connectivity index (χ4n) is 6.27. The molecular weight excluding hydrogens is 522 g/mol. The van der Waals surface area contributed by atoms with E-state index in [-0.39, 0.29) is 33.9 Å². The van der Waals surface area contributed by atoms with Crippen molar-refractivity contribution in [2.75, 3.05) is 6.61 Å². The molecule has 41 heavy (non-hydrogen) atoms. The molecule has 0 aliphatic carbocycles. The highest BCUT2D eigenvalue weighted by atomic mass is 28.3. The van der Waals surface area contributed by atoms with Crippen LogP contribution < -0.4 is 4.74 Å². The number of carbonyl (C=O) groups is 1. The van der Waals surface area contributed by atoms with E-state index in [4.69, 9.17) is 4.74 Å². The summed E-state index contributed by atoms with van der Waals surface area (Å²) in [6.07, 6.45) is 3.96. The van der Waals surface area contributed by atoms with Crippen LogP contribution in [-0.2, 0) is 16.6 Å². The lowest BCUT2D eigenvalue weighted by molar-refractivity contribution is -0.140. The molecule has 0 radical (unpaired) electrons. The summed E-state index contributed by atoms with van der Waals surface area (Å²) in [4.78, 5) is 12.6. The number of hydrogen-bond acceptors (Lipinski definition) is 3. The Morgan fingerprint density at radius 3 is 1.98 bits per heavy atom. The maximum absolute atomic E-state index is 12.6. The third-order valence-corrected chi connectivity index (χ3v) is 15.9. The number of ether oxygens (including phenoxy) is 1. The highest BCUT2D eigenvalue weighted by molar-refractivity contribution is 6.80. The van der Waals surface area contributed by atoms with E-state index in [0.717, 1.165) is 37.0 Å². The van der Waals surface area contributed by atoms with Crippen LogP contribution in [0.1, 0.15) is 109 Å². The smallest absolute Gasteiger partial charge is 0.217 e. The second-order valence-corrected chi connectivity index (χ2v) is 20.2. The number of amides is 1. The highest BCUT2D eigenvalue weighted by Gasteiger charge is 2.52. The molecule has 5 heteroatoms. The highest BCUT2D eigenvalue weighted by Crippen LogP contribution is 2.44. The molecule has 4 nitrogen and oxygen atoms in total. The van der Waals surface area contributed by atoms with Crippen molar-refractivity contribution in [3.8, 4) is 5.75 Å². The minimum absolute atomic E-state index is 0.0724. The van der Waals surface area contributed by atoms with Crippen molar-refractivity contribution >= 4 is 14.1 Å². The van der Waals surface area contributed by atoms with Crippen LogP contribution in [0.5, 0.6) is 5.75 Å². The first-order valence-corrected chi connectivity index (χ1v) is 18.7. The first-order chi connectivity index (χ1) is 18.9. The van der Waals surface area contributed by atoms with Gasteiger partial charge in [-0.2, -0.15) is 0 Å². The summed E-state index contributed by atoms with van der Waals surface area (Å²) in [5.41, 5.74) is 6.27. The van der Waals surface area contributed by atoms with Gasteiger partial charge in [-0.15, -0.1) is 0 Å². The molecule has 2 aromatic rings. The van der Waals surface area contributed by atoms with Crippen molar-refractivity contribution in [1.29, 1.82) is 0 Å². The SMILES string of the molecule is CCC(CC)(c1ccc(CCC(O)C(C)(C)C)c(C)c1)c1ccc(OC[C@H]2CC(=O)N2[Si](C)(C)C(C)(C)C)c(C)c1. The number of nitrogens with zero attached hydrogens (tertiary/aromatic N) is 1. The molecule has 1 amide bonds. The Labute approximate surface area is 252 Å². The number of β-lactam (4-membered cyclic amide) rings is 1. The molecule has 0 bridgehead atoms. The molecule has 1 aliphatic rings. The molecule has 1 saturated heterocycles. The van der Waals surface area contributed by atoms with Crippen molar-refractivity contribution in [3.63, 3.8) is 0 Å². The van der Waals surface area contributed by atoms with Crippen LogP contribution in [0.3, 0.4) is 0 Å². The van der Waals surface area contributed by atoms with Crippen molar-refractivity contribution < 1.29 is 14.6 Å². The monoisotopic (exact) mass is 579 g/mol. The molecule has 1 aliphatic heterocycles. The van der Waals surface area contributed by atoms with Gasteiger partial charge in [-0.3, -0.25) is 4.79 Å². The van der Waals surface area contributed by atoms with E-state index in [0.29, 0.717) is 13.0 Å². The number of aryl methyl sites for hydroxylation is 3. The van der Waals surface area contributed by atoms with E-state index >= 15 is 0 Å². The van der Waals surface area contributed by atoms with Crippen LogP contribution in [0.4, 0.5) is 0 Å². The summed E-state index contributed by atoms with van der Waals surface area (Å²) in [5.74, 6) is 1.19. The van der Waals surface area contributed by atoms with Crippen LogP contribution in [0, 0.1) is 19.3 Å². The average Bonchev–Trinajstić information content (AvgIpc) is 2.86. The van der Waals surface area contributed by atoms with Crippen molar-refractivity contribution in [2.24, 2.45) is 5.41 Å². The first-order valence-electron chi connectivity index (χ1n) is 15.7. The molecule has 0 saturated carbocycles. The van der Waals surface area contributed by atoms with Crippen LogP contribution in [0.15, 0.2) is 36.4 Å². The molecule has 1 heterocycles. The third-order valence-electron chi connectivity index (χ3n) is 10.4. The topological polar surface area (TPSA) is 49.8 Å². The summed E-state index contributed by atoms with van der Waals surface area (Å²) in [6.45, 7) is 27.1. The zero-order valence-corrected chi connectivity index (χ0v) is 29.1. The Balaban J connectivity index is 1.79. The Morgan fingerprint density at radius 1 is 0.951 bits per heavy atom. The molecule has 1 unspecified atom stereocenters. The Hall–Kier alpha value is -2.11. The number of hydrogen-bond donors (Lipinski definition) is 1. The van der Waals surface area contributed by atoms with Gasteiger partial charge in [0.25, 0.3) is 0 Å². The van der Waals surface area contributed by atoms with Gasteiger partial charge in [0, 0.05) is 11.8 Å². The van der Waals surface area contributed by atoms with Crippen LogP contribution in [0.25, 0.3) is 0 Å². The zero-order valence-electron chi connectivity index (χ0n) is 28.1. The van der Waals surface area contributed by atoms with Gasteiger partial charge in [0.1, 0.15) is 12.4 Å². The van der Waals surface area contributed by atoms with Gasteiger partial charge in [0.05, 0.1) is 12.1 Å². The molecule has 1 fully saturated rings. The molecule has 2 aromatic carbocycles. The predicted molar refractivity (Wildman–Crippen MR) is 175 cm³/mol. The van der Waals surface area contributed by atoms with Crippen LogP contribution in [0.2, 0.25) is 18.1 Å². The normalized spacial score (nSPS) is 17.4. The largest absolute Gasteiger partial charge is 0.491 e. The summed E-state index contributed by atoms with van der Waals surface area (Å²) in [5, 5.41) is 10.7. The number of rotatable bonds is 11. The summed E-state index contributed by atoms with van der Waals surface area (Å²) >= 11 is 0. The Morgan fingerprint density at radius 2 is 1.51 bits per heavy atom. The van der Waals surface area contributed by atoms with E-state index in [1.54, 1.807) is 0 Å². The van der Waals surface area contributed by atoms with Gasteiger partial charge in [0.2, 0.25) is 5.91 Å². The van der Waals surface area contributed by atoms with Crippen LogP contribution in [-0.4, -0.2) is 42.6 Å². The minimum atomic E-state index is -1.92. The van der Waals surface area contributed by atoms with Gasteiger partial charge < -0.3 is 14.4 Å². The van der Waals surface area contributed by atoms with E-state index in [9.17, 15) is 9.90 Å². The second-order valence-electron chi connectivity index (χ2n) is 15.1. The summed E-state index contributed by atoms with van der Waals surface area (Å²) < 4.78 is 8.55. The molecule has 3 rings (SSSR count). The predicted octanol–water partition coefficient (Wildman–Crippen LogP) is 8.73. The van der Waals surface area contributed by atoms with Crippen molar-refractivity contribution in [2.45, 2.75) is 137 Å². The summed E-state index contributed by atoms with van der Waals surface area (Å²) in [7, 11) is -1.92. The molecular formula is C36H57NO3Si. The lowest BCUT2D eigenvalue weighted by Gasteiger charge is -2.54. The minimum Gasteiger partial charge on any atom is -0.491 e. The van der Waals surface area contributed by atoms with E-state index in [2.05, 4.69) is 123 Å². The van der Waals surface area contributed by atoms with Gasteiger partial charge in [0.15, 0.2) is 8.24 Å². The Bertz CT molecular complexity index is 1220. The van der Waals surface area contributed by atoms with Crippen LogP contribution >= 0.6 is 0 Å². The molecule has 2 atom stereocenters. The van der Waals surface area contributed by atoms with Crippen molar-refractivity contribution in [1.82, 2.24) is 4.57 Å². The van der Waals surface area contributed by atoms with Gasteiger partial charge in [-0.25, -0.2) is 0 Å². The Kier molecular flexibility index (Phi) is 9.97. The van der Waals surface area contributed by atoms with E-state index in [1.807, 2.05) is 0 Å². The zero-order chi connectivity index (χ0) is 31.0. The average molecular weight is 580 g/mol. The molecule has 0 spiro atoms. The standard InChI is InChI=1S/C36H57NO3Si/c1-13-36(14-2,28-17-15-27(25(3)21-28)16-20-32(38)34(5,6)7)29-18-19-31(26(4)22-29)40-24-30-23-33(39)37(30)41(11,12)35(8,9)10/h15,17-19,21-22,30,32,38H,13-14,16,20,23-24H2,1-12H3/t30-,32?/m1/s1. The van der Waals surface area contributed by atoms with Gasteiger partial charge in [-0.05, 0) is 83.9 Å². The van der Waals surface area contributed by atoms with E-state index < -0.39 is 8.24 Å². The summed E-state index contributed by atoms with van der Waals surface area (Å²) in [6, 6.07) is 13.8. The van der Waals surface area contributed by atoms with Crippen molar-refractivity contribution in [3.05, 3.63) is 64.2 Å². The third kappa shape index (κ3) is 6.77. The maximum atomic E-state index is 12.6. The first kappa shape index (κ1) is 33.4. The fraction of sp³-hybridized carbons (Fsp3) is 0.639. The van der Waals surface area contributed by atoms with Gasteiger partial charge >= 0.3 is 0 Å². The van der Waals surface area contributed by atoms with E-state index in [1.165, 1.54) is 22.3 Å². The molecule has 1 N–H and O–H groups in total. The number of carbonyl (C=O) groups excluding carboxylic acids is 1. The molecule has 228 valence electrons. The number of aliphatic hydroxyl groups excluding tert-OH is 1.